The quantitative estimate of drug-likeness (QED) is 0.851. The van der Waals surface area contributed by atoms with Gasteiger partial charge >= 0.3 is 0 Å². The van der Waals surface area contributed by atoms with Crippen molar-refractivity contribution in [2.24, 2.45) is 11.8 Å². The highest BCUT2D eigenvalue weighted by Gasteiger charge is 2.30. The van der Waals surface area contributed by atoms with Gasteiger partial charge in [-0.15, -0.1) is 0 Å². The smallest absolute Gasteiger partial charge is 0.123 e. The van der Waals surface area contributed by atoms with Gasteiger partial charge in [-0.2, -0.15) is 0 Å². The fraction of sp³-hybridized carbons (Fsp3) is 0.733. The fourth-order valence-electron chi connectivity index (χ4n) is 3.29. The third-order valence-corrected chi connectivity index (χ3v) is 4.37. The van der Waals surface area contributed by atoms with Crippen LogP contribution in [0.5, 0.6) is 0 Å². The molecule has 0 radical (unpaired) electrons. The predicted molar refractivity (Wildman–Crippen MR) is 71.0 cm³/mol. The Morgan fingerprint density at radius 1 is 1.47 bits per heavy atom. The maximum atomic E-state index is 5.68. The van der Waals surface area contributed by atoms with Gasteiger partial charge in [-0.25, -0.2) is 0 Å². The summed E-state index contributed by atoms with van der Waals surface area (Å²) in [5.41, 5.74) is 1.28. The first-order valence-corrected chi connectivity index (χ1v) is 6.97. The van der Waals surface area contributed by atoms with Crippen LogP contribution in [0.3, 0.4) is 0 Å². The Hall–Kier alpha value is -0.760. The molecule has 2 nitrogen and oxygen atoms in total. The number of hydrogen-bond donors (Lipinski definition) is 1. The van der Waals surface area contributed by atoms with Crippen LogP contribution in [0.2, 0.25) is 0 Å². The Bertz CT molecular complexity index is 344. The van der Waals surface area contributed by atoms with Crippen molar-refractivity contribution < 1.29 is 4.42 Å². The molecule has 0 spiro atoms. The van der Waals surface area contributed by atoms with Crippen LogP contribution < -0.4 is 5.32 Å². The Morgan fingerprint density at radius 2 is 2.29 bits per heavy atom. The Balaban J connectivity index is 2.10. The van der Waals surface area contributed by atoms with Crippen LogP contribution in [0.1, 0.15) is 56.4 Å². The summed E-state index contributed by atoms with van der Waals surface area (Å²) < 4.78 is 5.68. The molecule has 1 heterocycles. The van der Waals surface area contributed by atoms with E-state index < -0.39 is 0 Å². The standard InChI is InChI=1S/C15H25NO/c1-4-12-6-5-7-13(10-12)14(16-3)15-11(2)8-9-17-15/h8-9,12-14,16H,4-7,10H2,1-3H3. The topological polar surface area (TPSA) is 25.2 Å². The minimum Gasteiger partial charge on any atom is -0.467 e. The van der Waals surface area contributed by atoms with Gasteiger partial charge in [-0.1, -0.05) is 26.2 Å². The molecule has 0 aromatic carbocycles. The van der Waals surface area contributed by atoms with Gasteiger partial charge < -0.3 is 9.73 Å². The maximum Gasteiger partial charge on any atom is 0.123 e. The molecule has 3 atom stereocenters. The van der Waals surface area contributed by atoms with E-state index in [4.69, 9.17) is 4.42 Å². The molecule has 1 aromatic heterocycles. The minimum atomic E-state index is 0.402. The summed E-state index contributed by atoms with van der Waals surface area (Å²) in [6.07, 6.45) is 8.62. The van der Waals surface area contributed by atoms with E-state index in [0.29, 0.717) is 6.04 Å². The molecule has 2 rings (SSSR count). The monoisotopic (exact) mass is 235 g/mol. The molecule has 0 amide bonds. The van der Waals surface area contributed by atoms with Crippen LogP contribution in [0, 0.1) is 18.8 Å². The summed E-state index contributed by atoms with van der Waals surface area (Å²) >= 11 is 0. The normalized spacial score (nSPS) is 27.0. The van der Waals surface area contributed by atoms with Gasteiger partial charge in [0.1, 0.15) is 5.76 Å². The highest BCUT2D eigenvalue weighted by Crippen LogP contribution is 2.39. The molecule has 1 N–H and O–H groups in total. The molecule has 2 heteroatoms. The Morgan fingerprint density at radius 3 is 2.88 bits per heavy atom. The van der Waals surface area contributed by atoms with Gasteiger partial charge in [0.05, 0.1) is 12.3 Å². The molecule has 0 bridgehead atoms. The molecule has 3 unspecified atom stereocenters. The first-order valence-electron chi connectivity index (χ1n) is 6.97. The van der Waals surface area contributed by atoms with E-state index in [-0.39, 0.29) is 0 Å². The van der Waals surface area contributed by atoms with Crippen LogP contribution in [0.4, 0.5) is 0 Å². The zero-order valence-electron chi connectivity index (χ0n) is 11.3. The summed E-state index contributed by atoms with van der Waals surface area (Å²) in [7, 11) is 2.06. The number of aryl methyl sites for hydroxylation is 1. The molecule has 1 saturated carbocycles. The molecule has 96 valence electrons. The van der Waals surface area contributed by atoms with Crippen molar-refractivity contribution in [3.05, 3.63) is 23.7 Å². The summed E-state index contributed by atoms with van der Waals surface area (Å²) in [5.74, 6) is 2.80. The Labute approximate surface area is 105 Å². The largest absolute Gasteiger partial charge is 0.467 e. The van der Waals surface area contributed by atoms with Gasteiger partial charge in [0.2, 0.25) is 0 Å². The average molecular weight is 235 g/mol. The van der Waals surface area contributed by atoms with Crippen LogP contribution in [-0.4, -0.2) is 7.05 Å². The molecule has 1 fully saturated rings. The first-order chi connectivity index (χ1) is 8.26. The van der Waals surface area contributed by atoms with Crippen molar-refractivity contribution in [3.8, 4) is 0 Å². The van der Waals surface area contributed by atoms with Crippen molar-refractivity contribution in [2.75, 3.05) is 7.05 Å². The molecule has 1 aliphatic carbocycles. The van der Waals surface area contributed by atoms with Crippen LogP contribution in [0.15, 0.2) is 16.7 Å². The summed E-state index contributed by atoms with van der Waals surface area (Å²) in [4.78, 5) is 0. The lowest BCUT2D eigenvalue weighted by molar-refractivity contribution is 0.199. The van der Waals surface area contributed by atoms with Gasteiger partial charge in [-0.05, 0) is 50.3 Å². The lowest BCUT2D eigenvalue weighted by Crippen LogP contribution is -2.29. The number of nitrogens with one attached hydrogen (secondary N) is 1. The van der Waals surface area contributed by atoms with E-state index >= 15 is 0 Å². The lowest BCUT2D eigenvalue weighted by Gasteiger charge is -2.33. The van der Waals surface area contributed by atoms with E-state index in [9.17, 15) is 0 Å². The van der Waals surface area contributed by atoms with Gasteiger partial charge in [0.25, 0.3) is 0 Å². The van der Waals surface area contributed by atoms with Crippen LogP contribution in [-0.2, 0) is 0 Å². The van der Waals surface area contributed by atoms with E-state index in [1.807, 2.05) is 6.26 Å². The highest BCUT2D eigenvalue weighted by molar-refractivity contribution is 5.19. The van der Waals surface area contributed by atoms with Crippen molar-refractivity contribution in [2.45, 2.75) is 52.0 Å². The number of hydrogen-bond acceptors (Lipinski definition) is 2. The maximum absolute atomic E-state index is 5.68. The summed E-state index contributed by atoms with van der Waals surface area (Å²) in [6.45, 7) is 4.46. The predicted octanol–water partition coefficient (Wildman–Crippen LogP) is 4.06. The SMILES string of the molecule is CCC1CCCC(C(NC)c2occc2C)C1. The second-order valence-corrected chi connectivity index (χ2v) is 5.44. The van der Waals surface area contributed by atoms with E-state index in [1.165, 1.54) is 37.7 Å². The van der Waals surface area contributed by atoms with Gasteiger partial charge in [-0.3, -0.25) is 0 Å². The van der Waals surface area contributed by atoms with E-state index in [0.717, 1.165) is 17.6 Å². The van der Waals surface area contributed by atoms with Gasteiger partial charge in [0.15, 0.2) is 0 Å². The average Bonchev–Trinajstić information content (AvgIpc) is 2.77. The second kappa shape index (κ2) is 5.72. The fourth-order valence-corrected chi connectivity index (χ4v) is 3.29. The van der Waals surface area contributed by atoms with Crippen molar-refractivity contribution in [1.29, 1.82) is 0 Å². The summed E-state index contributed by atoms with van der Waals surface area (Å²) in [5, 5.41) is 3.47. The van der Waals surface area contributed by atoms with Gasteiger partial charge in [0, 0.05) is 0 Å². The molecular formula is C15H25NO. The molecule has 0 aliphatic heterocycles. The third kappa shape index (κ3) is 2.74. The van der Waals surface area contributed by atoms with Crippen LogP contribution >= 0.6 is 0 Å². The van der Waals surface area contributed by atoms with Crippen molar-refractivity contribution in [3.63, 3.8) is 0 Å². The van der Waals surface area contributed by atoms with Crippen molar-refractivity contribution in [1.82, 2.24) is 5.32 Å². The summed E-state index contributed by atoms with van der Waals surface area (Å²) in [6, 6.07) is 2.47. The second-order valence-electron chi connectivity index (χ2n) is 5.44. The molecule has 1 aromatic rings. The molecule has 1 aliphatic rings. The number of rotatable bonds is 4. The zero-order chi connectivity index (χ0) is 12.3. The minimum absolute atomic E-state index is 0.402. The molecule has 17 heavy (non-hydrogen) atoms. The third-order valence-electron chi connectivity index (χ3n) is 4.37. The first kappa shape index (κ1) is 12.7. The molecular weight excluding hydrogens is 210 g/mol. The Kier molecular flexibility index (Phi) is 4.27. The van der Waals surface area contributed by atoms with Crippen molar-refractivity contribution >= 4 is 0 Å². The number of furan rings is 1. The molecule has 0 saturated heterocycles. The van der Waals surface area contributed by atoms with Crippen LogP contribution in [0.25, 0.3) is 0 Å². The van der Waals surface area contributed by atoms with E-state index in [1.54, 1.807) is 0 Å². The zero-order valence-corrected chi connectivity index (χ0v) is 11.3. The lowest BCUT2D eigenvalue weighted by atomic mass is 9.76. The van der Waals surface area contributed by atoms with E-state index in [2.05, 4.69) is 32.3 Å². The highest BCUT2D eigenvalue weighted by atomic mass is 16.3.